The maximum absolute atomic E-state index is 14.7. The molecule has 4 N–H and O–H groups in total. The van der Waals surface area contributed by atoms with E-state index in [-0.39, 0.29) is 56.2 Å². The van der Waals surface area contributed by atoms with Crippen molar-refractivity contribution in [3.63, 3.8) is 0 Å². The number of carbonyl (C=O) groups is 2. The van der Waals surface area contributed by atoms with Gasteiger partial charge in [-0.25, -0.2) is 4.39 Å². The van der Waals surface area contributed by atoms with Gasteiger partial charge in [-0.2, -0.15) is 0 Å². The minimum absolute atomic E-state index is 0.00227. The fourth-order valence-electron chi connectivity index (χ4n) is 4.57. The normalized spacial score (nSPS) is 18.6. The number of nitrogens with zero attached hydrogens (tertiary/aromatic N) is 1. The van der Waals surface area contributed by atoms with E-state index in [0.717, 1.165) is 6.42 Å². The van der Waals surface area contributed by atoms with Crippen molar-refractivity contribution in [2.24, 2.45) is 0 Å². The topological polar surface area (TPSA) is 129 Å². The van der Waals surface area contributed by atoms with Crippen molar-refractivity contribution in [2.75, 3.05) is 20.3 Å². The maximum atomic E-state index is 14.7. The van der Waals surface area contributed by atoms with E-state index in [1.165, 1.54) is 24.2 Å². The van der Waals surface area contributed by atoms with Gasteiger partial charge in [0.15, 0.2) is 11.5 Å². The van der Waals surface area contributed by atoms with Gasteiger partial charge in [-0.3, -0.25) is 9.59 Å². The standard InChI is InChI=1S/C29H36FIN2O7/c1-3-4-9-26(36)33(16-19-7-5-6-8-21(19)30)23-14-20(29(38)32-10-11-34)15-24(27(23)37)40-28-22(31)12-18(17-35)13-25(28)39-2/h5-8,12-13,15,23-24,27,34-35,37H,3-4,9-11,14,16-17H2,1-2H3,(H,32,38)/t23-,24+,27+/m1/s1. The zero-order chi connectivity index (χ0) is 29.2. The summed E-state index contributed by atoms with van der Waals surface area (Å²) in [5, 5.41) is 33.0. The minimum Gasteiger partial charge on any atom is -0.493 e. The molecule has 0 heterocycles. The number of methoxy groups -OCH3 is 1. The summed E-state index contributed by atoms with van der Waals surface area (Å²) in [4.78, 5) is 27.9. The summed E-state index contributed by atoms with van der Waals surface area (Å²) in [5.41, 5.74) is 1.15. The van der Waals surface area contributed by atoms with Gasteiger partial charge in [-0.1, -0.05) is 31.5 Å². The molecule has 0 spiro atoms. The van der Waals surface area contributed by atoms with Crippen LogP contribution in [0.3, 0.4) is 0 Å². The first-order valence-corrected chi connectivity index (χ1v) is 14.3. The Labute approximate surface area is 247 Å². The number of amides is 2. The zero-order valence-electron chi connectivity index (χ0n) is 22.6. The third kappa shape index (κ3) is 7.93. The van der Waals surface area contributed by atoms with Crippen LogP contribution < -0.4 is 14.8 Å². The molecule has 40 heavy (non-hydrogen) atoms. The average molecular weight is 671 g/mol. The highest BCUT2D eigenvalue weighted by atomic mass is 127. The Morgan fingerprint density at radius 2 is 1.98 bits per heavy atom. The van der Waals surface area contributed by atoms with Gasteiger partial charge in [-0.05, 0) is 58.9 Å². The quantitative estimate of drug-likeness (QED) is 0.241. The lowest BCUT2D eigenvalue weighted by molar-refractivity contribution is -0.139. The van der Waals surface area contributed by atoms with Crippen molar-refractivity contribution in [3.05, 3.63) is 68.6 Å². The lowest BCUT2D eigenvalue weighted by atomic mass is 9.87. The first-order chi connectivity index (χ1) is 19.2. The summed E-state index contributed by atoms with van der Waals surface area (Å²) in [6.07, 6.45) is 0.743. The van der Waals surface area contributed by atoms with Gasteiger partial charge in [0.1, 0.15) is 18.0 Å². The fourth-order valence-corrected chi connectivity index (χ4v) is 5.36. The highest BCUT2D eigenvalue weighted by Gasteiger charge is 2.41. The number of hydrogen-bond acceptors (Lipinski definition) is 7. The van der Waals surface area contributed by atoms with Gasteiger partial charge in [0.05, 0.1) is 29.9 Å². The van der Waals surface area contributed by atoms with Crippen LogP contribution in [0.15, 0.2) is 48.0 Å². The Hall–Kier alpha value is -2.74. The molecule has 3 atom stereocenters. The van der Waals surface area contributed by atoms with Gasteiger partial charge in [-0.15, -0.1) is 0 Å². The summed E-state index contributed by atoms with van der Waals surface area (Å²) in [5.74, 6) is -0.594. The maximum Gasteiger partial charge on any atom is 0.247 e. The third-order valence-corrected chi connectivity index (χ3v) is 7.50. The highest BCUT2D eigenvalue weighted by molar-refractivity contribution is 14.1. The molecule has 218 valence electrons. The summed E-state index contributed by atoms with van der Waals surface area (Å²) < 4.78 is 27.0. The van der Waals surface area contributed by atoms with Crippen LogP contribution in [0.1, 0.15) is 43.7 Å². The van der Waals surface area contributed by atoms with Crippen LogP contribution in [0.4, 0.5) is 4.39 Å². The summed E-state index contributed by atoms with van der Waals surface area (Å²) >= 11 is 2.03. The molecule has 0 unspecified atom stereocenters. The SMILES string of the molecule is CCCCC(=O)N(Cc1ccccc1F)[C@@H]1CC(C(=O)NCCO)=C[C@H](Oc2c(I)cc(CO)cc2OC)[C@H]1O. The number of carbonyl (C=O) groups excluding carboxylic acids is 2. The number of rotatable bonds is 13. The van der Waals surface area contributed by atoms with Crippen LogP contribution in [0.25, 0.3) is 0 Å². The van der Waals surface area contributed by atoms with Crippen molar-refractivity contribution >= 4 is 34.4 Å². The Morgan fingerprint density at radius 1 is 1.23 bits per heavy atom. The number of benzene rings is 2. The monoisotopic (exact) mass is 670 g/mol. The Balaban J connectivity index is 2.04. The summed E-state index contributed by atoms with van der Waals surface area (Å²) in [6, 6.07) is 8.54. The molecule has 9 nitrogen and oxygen atoms in total. The molecule has 0 saturated heterocycles. The molecule has 0 radical (unpaired) electrons. The fraction of sp³-hybridized carbons (Fsp3) is 0.448. The number of ether oxygens (including phenoxy) is 2. The van der Waals surface area contributed by atoms with Crippen LogP contribution >= 0.6 is 22.6 Å². The number of nitrogens with one attached hydrogen (secondary N) is 1. The molecular weight excluding hydrogens is 634 g/mol. The second-order valence-corrected chi connectivity index (χ2v) is 10.7. The number of halogens is 2. The molecule has 2 amide bonds. The molecule has 0 bridgehead atoms. The number of hydrogen-bond donors (Lipinski definition) is 4. The van der Waals surface area contributed by atoms with E-state index >= 15 is 0 Å². The van der Waals surface area contributed by atoms with E-state index in [2.05, 4.69) is 5.32 Å². The first kappa shape index (κ1) is 31.8. The van der Waals surface area contributed by atoms with E-state index in [4.69, 9.17) is 9.47 Å². The zero-order valence-corrected chi connectivity index (χ0v) is 24.8. The van der Waals surface area contributed by atoms with Gasteiger partial charge in [0.25, 0.3) is 0 Å². The molecule has 0 saturated carbocycles. The van der Waals surface area contributed by atoms with E-state index in [1.807, 2.05) is 29.5 Å². The molecule has 1 aliphatic carbocycles. The molecule has 11 heteroatoms. The van der Waals surface area contributed by atoms with Gasteiger partial charge in [0.2, 0.25) is 11.8 Å². The lowest BCUT2D eigenvalue weighted by Gasteiger charge is -2.41. The molecule has 1 aliphatic rings. The predicted molar refractivity (Wildman–Crippen MR) is 155 cm³/mol. The predicted octanol–water partition coefficient (Wildman–Crippen LogP) is 3.07. The molecule has 0 aliphatic heterocycles. The van der Waals surface area contributed by atoms with Gasteiger partial charge >= 0.3 is 0 Å². The Morgan fingerprint density at radius 3 is 2.62 bits per heavy atom. The van der Waals surface area contributed by atoms with Crippen molar-refractivity contribution in [1.82, 2.24) is 10.2 Å². The van der Waals surface area contributed by atoms with E-state index in [0.29, 0.717) is 27.1 Å². The molecule has 0 aromatic heterocycles. The molecular formula is C29H36FIN2O7. The van der Waals surface area contributed by atoms with Gasteiger partial charge < -0.3 is 35.0 Å². The van der Waals surface area contributed by atoms with E-state index in [1.54, 1.807) is 30.3 Å². The van der Waals surface area contributed by atoms with Crippen molar-refractivity contribution in [1.29, 1.82) is 0 Å². The molecule has 0 fully saturated rings. The minimum atomic E-state index is -1.27. The van der Waals surface area contributed by atoms with Crippen molar-refractivity contribution in [2.45, 2.75) is 64.0 Å². The van der Waals surface area contributed by atoms with E-state index in [9.17, 15) is 29.3 Å². The van der Waals surface area contributed by atoms with Gasteiger partial charge in [0, 0.05) is 37.1 Å². The first-order valence-electron chi connectivity index (χ1n) is 13.2. The summed E-state index contributed by atoms with van der Waals surface area (Å²) in [7, 11) is 1.45. The van der Waals surface area contributed by atoms with E-state index < -0.39 is 30.0 Å². The molecule has 2 aromatic rings. The number of unbranched alkanes of at least 4 members (excludes halogenated alkanes) is 1. The van der Waals surface area contributed by atoms with Crippen LogP contribution in [0.2, 0.25) is 0 Å². The third-order valence-electron chi connectivity index (χ3n) is 6.70. The average Bonchev–Trinajstić information content (AvgIpc) is 2.96. The largest absolute Gasteiger partial charge is 0.493 e. The Kier molecular flexibility index (Phi) is 12.2. The van der Waals surface area contributed by atoms with Crippen molar-refractivity contribution < 1.29 is 38.8 Å². The van der Waals surface area contributed by atoms with Crippen LogP contribution in [0.5, 0.6) is 11.5 Å². The lowest BCUT2D eigenvalue weighted by Crippen LogP contribution is -2.54. The van der Waals surface area contributed by atoms with Crippen LogP contribution in [0, 0.1) is 9.39 Å². The van der Waals surface area contributed by atoms with Crippen LogP contribution in [-0.2, 0) is 22.7 Å². The molecule has 2 aromatic carbocycles. The second kappa shape index (κ2) is 15.3. The van der Waals surface area contributed by atoms with Crippen molar-refractivity contribution in [3.8, 4) is 11.5 Å². The molecule has 3 rings (SSSR count). The number of aliphatic hydroxyl groups is 3. The van der Waals surface area contributed by atoms with Crippen LogP contribution in [-0.4, -0.2) is 70.5 Å². The second-order valence-electron chi connectivity index (χ2n) is 9.50. The smallest absolute Gasteiger partial charge is 0.247 e. The Bertz CT molecular complexity index is 1210. The summed E-state index contributed by atoms with van der Waals surface area (Å²) in [6.45, 7) is 1.42. The highest BCUT2D eigenvalue weighted by Crippen LogP contribution is 2.37. The number of aliphatic hydroxyl groups excluding tert-OH is 3.